The monoisotopic (exact) mass is 395 g/mol. The van der Waals surface area contributed by atoms with Crippen molar-refractivity contribution < 1.29 is 9.53 Å². The third-order valence-electron chi connectivity index (χ3n) is 5.39. The van der Waals surface area contributed by atoms with Gasteiger partial charge in [-0.05, 0) is 19.3 Å². The van der Waals surface area contributed by atoms with Gasteiger partial charge in [0.15, 0.2) is 0 Å². The minimum Gasteiger partial charge on any atom is -0.377 e. The number of nitrogens with two attached hydrogens (primary N) is 1. The van der Waals surface area contributed by atoms with E-state index in [1.165, 1.54) is 0 Å². The van der Waals surface area contributed by atoms with Crippen LogP contribution in [0.5, 0.6) is 0 Å². The molecule has 5 nitrogen and oxygen atoms in total. The van der Waals surface area contributed by atoms with Gasteiger partial charge in [0.2, 0.25) is 5.91 Å². The maximum atomic E-state index is 12.8. The Kier molecular flexibility index (Phi) is 7.10. The minimum absolute atomic E-state index is 0. The number of carbonyl (C=O) groups excluding carboxylic acids is 1. The van der Waals surface area contributed by atoms with E-state index < -0.39 is 5.54 Å². The van der Waals surface area contributed by atoms with Gasteiger partial charge in [-0.1, -0.05) is 20.8 Å². The van der Waals surface area contributed by atoms with Gasteiger partial charge < -0.3 is 15.8 Å². The molecule has 1 saturated heterocycles. The first kappa shape index (κ1) is 21.6. The summed E-state index contributed by atoms with van der Waals surface area (Å²) in [6, 6.07) is 0. The summed E-state index contributed by atoms with van der Waals surface area (Å²) in [5, 5.41) is 6.09. The number of thiazole rings is 1. The van der Waals surface area contributed by atoms with Crippen LogP contribution in [0.25, 0.3) is 0 Å². The summed E-state index contributed by atoms with van der Waals surface area (Å²) >= 11 is 1.63. The van der Waals surface area contributed by atoms with Crippen LogP contribution in [-0.4, -0.2) is 29.1 Å². The van der Waals surface area contributed by atoms with Crippen LogP contribution in [0.3, 0.4) is 0 Å². The van der Waals surface area contributed by atoms with Crippen LogP contribution in [0.15, 0.2) is 5.38 Å². The average molecular weight is 396 g/mol. The van der Waals surface area contributed by atoms with E-state index in [0.29, 0.717) is 6.54 Å². The van der Waals surface area contributed by atoms with Crippen molar-refractivity contribution >= 4 is 42.1 Å². The molecule has 0 spiro atoms. The van der Waals surface area contributed by atoms with E-state index in [4.69, 9.17) is 10.5 Å². The van der Waals surface area contributed by atoms with Crippen LogP contribution in [0, 0.1) is 11.3 Å². The molecule has 3 atom stereocenters. The lowest BCUT2D eigenvalue weighted by molar-refractivity contribution is -0.225. The Morgan fingerprint density at radius 2 is 2.21 bits per heavy atom. The number of halogens is 2. The minimum atomic E-state index is -0.846. The summed E-state index contributed by atoms with van der Waals surface area (Å²) in [6.45, 7) is 7.38. The molecule has 1 aliphatic carbocycles. The van der Waals surface area contributed by atoms with Crippen LogP contribution in [0.4, 0.5) is 0 Å². The standard InChI is InChI=1S/C16H25N3O2S.2ClH/c1-4-12-19-10(9-22-12)8-18-14(20)16(17)11-6-5-7-21-13(11)15(16,2)3;;/h9,11,13H,4-8,17H2,1-3H3,(H,18,20);2*1H. The third kappa shape index (κ3) is 3.19. The average Bonchev–Trinajstić information content (AvgIpc) is 2.99. The van der Waals surface area contributed by atoms with Crippen molar-refractivity contribution in [2.24, 2.45) is 17.1 Å². The molecule has 0 radical (unpaired) electrons. The van der Waals surface area contributed by atoms with Gasteiger partial charge in [0.25, 0.3) is 0 Å². The first-order valence-corrected chi connectivity index (χ1v) is 8.91. The number of aromatic nitrogens is 1. The van der Waals surface area contributed by atoms with Gasteiger partial charge >= 0.3 is 0 Å². The molecule has 3 unspecified atom stereocenters. The third-order valence-corrected chi connectivity index (χ3v) is 6.43. The highest BCUT2D eigenvalue weighted by Crippen LogP contribution is 2.57. The Hall–Kier alpha value is -0.400. The number of hydrogen-bond donors (Lipinski definition) is 2. The van der Waals surface area contributed by atoms with Crippen LogP contribution < -0.4 is 11.1 Å². The summed E-state index contributed by atoms with van der Waals surface area (Å²) in [4.78, 5) is 17.2. The molecule has 1 aromatic rings. The number of carbonyl (C=O) groups is 1. The Balaban J connectivity index is 0.00000144. The molecule has 2 fully saturated rings. The summed E-state index contributed by atoms with van der Waals surface area (Å²) in [6.07, 6.45) is 2.97. The van der Waals surface area contributed by atoms with E-state index in [2.05, 4.69) is 17.2 Å². The molecule has 8 heteroatoms. The summed E-state index contributed by atoms with van der Waals surface area (Å²) in [5.41, 5.74) is 6.29. The van der Waals surface area contributed by atoms with Crippen molar-refractivity contribution in [3.05, 3.63) is 16.1 Å². The molecule has 3 rings (SSSR count). The second kappa shape index (κ2) is 7.87. The van der Waals surface area contributed by atoms with Crippen molar-refractivity contribution in [1.82, 2.24) is 10.3 Å². The molecule has 1 aromatic heterocycles. The Bertz CT molecular complexity index is 581. The molecule has 0 bridgehead atoms. The van der Waals surface area contributed by atoms with Crippen molar-refractivity contribution in [2.45, 2.75) is 58.2 Å². The number of rotatable bonds is 4. The number of hydrogen-bond acceptors (Lipinski definition) is 5. The van der Waals surface area contributed by atoms with Gasteiger partial charge in [0, 0.05) is 23.3 Å². The highest BCUT2D eigenvalue weighted by molar-refractivity contribution is 7.09. The fraction of sp³-hybridized carbons (Fsp3) is 0.750. The fourth-order valence-electron chi connectivity index (χ4n) is 3.95. The highest BCUT2D eigenvalue weighted by atomic mass is 35.5. The lowest BCUT2D eigenvalue weighted by Gasteiger charge is -2.65. The number of ether oxygens (including phenoxy) is 1. The quantitative estimate of drug-likeness (QED) is 0.821. The van der Waals surface area contributed by atoms with Crippen molar-refractivity contribution in [3.63, 3.8) is 0 Å². The first-order valence-electron chi connectivity index (χ1n) is 8.03. The summed E-state index contributed by atoms with van der Waals surface area (Å²) < 4.78 is 5.85. The molecular formula is C16H27Cl2N3O2S. The van der Waals surface area contributed by atoms with Gasteiger partial charge in [-0.2, -0.15) is 0 Å². The van der Waals surface area contributed by atoms with Gasteiger partial charge in [-0.25, -0.2) is 4.98 Å². The zero-order chi connectivity index (χ0) is 16.0. The number of fused-ring (bicyclic) bond motifs is 1. The number of nitrogens with zero attached hydrogens (tertiary/aromatic N) is 1. The Labute approximate surface area is 159 Å². The first-order chi connectivity index (χ1) is 10.4. The van der Waals surface area contributed by atoms with Crippen LogP contribution >= 0.6 is 36.2 Å². The van der Waals surface area contributed by atoms with E-state index in [1.54, 1.807) is 11.3 Å². The molecular weight excluding hydrogens is 369 g/mol. The topological polar surface area (TPSA) is 77.2 Å². The summed E-state index contributed by atoms with van der Waals surface area (Å²) in [5.74, 6) is 0.0492. The van der Waals surface area contributed by atoms with E-state index in [9.17, 15) is 4.79 Å². The smallest absolute Gasteiger partial charge is 0.241 e. The van der Waals surface area contributed by atoms with E-state index in [1.807, 2.05) is 19.2 Å². The van der Waals surface area contributed by atoms with Crippen molar-refractivity contribution in [1.29, 1.82) is 0 Å². The predicted molar refractivity (Wildman–Crippen MR) is 101 cm³/mol. The molecule has 1 aliphatic heterocycles. The molecule has 1 saturated carbocycles. The van der Waals surface area contributed by atoms with Gasteiger partial charge in [0.05, 0.1) is 23.4 Å². The number of amides is 1. The molecule has 1 amide bonds. The fourth-order valence-corrected chi connectivity index (χ4v) is 4.69. The Morgan fingerprint density at radius 1 is 1.50 bits per heavy atom. The predicted octanol–water partition coefficient (Wildman–Crippen LogP) is 2.70. The normalized spacial score (nSPS) is 30.2. The molecule has 3 N–H and O–H groups in total. The number of nitrogens with one attached hydrogen (secondary N) is 1. The zero-order valence-electron chi connectivity index (χ0n) is 14.3. The van der Waals surface area contributed by atoms with E-state index in [-0.39, 0.29) is 48.2 Å². The van der Waals surface area contributed by atoms with Gasteiger partial charge in [-0.3, -0.25) is 4.79 Å². The SMILES string of the molecule is CCc1nc(CNC(=O)C2(N)C3CCCOC3C2(C)C)cs1.Cl.Cl. The van der Waals surface area contributed by atoms with Crippen LogP contribution in [0.1, 0.15) is 44.3 Å². The second-order valence-corrected chi connectivity index (χ2v) is 7.84. The Morgan fingerprint density at radius 3 is 2.83 bits per heavy atom. The van der Waals surface area contributed by atoms with E-state index in [0.717, 1.165) is 36.6 Å². The molecule has 138 valence electrons. The van der Waals surface area contributed by atoms with Gasteiger partial charge in [-0.15, -0.1) is 36.2 Å². The van der Waals surface area contributed by atoms with Crippen molar-refractivity contribution in [3.8, 4) is 0 Å². The summed E-state index contributed by atoms with van der Waals surface area (Å²) in [7, 11) is 0. The highest BCUT2D eigenvalue weighted by Gasteiger charge is 2.70. The van der Waals surface area contributed by atoms with Crippen LogP contribution in [0.2, 0.25) is 0 Å². The molecule has 2 heterocycles. The van der Waals surface area contributed by atoms with Crippen molar-refractivity contribution in [2.75, 3.05) is 6.61 Å². The molecule has 0 aromatic carbocycles. The number of aryl methyl sites for hydroxylation is 1. The maximum absolute atomic E-state index is 12.8. The molecule has 2 aliphatic rings. The second-order valence-electron chi connectivity index (χ2n) is 6.90. The lowest BCUT2D eigenvalue weighted by atomic mass is 9.46. The molecule has 24 heavy (non-hydrogen) atoms. The van der Waals surface area contributed by atoms with Crippen LogP contribution in [-0.2, 0) is 22.5 Å². The largest absolute Gasteiger partial charge is 0.377 e. The van der Waals surface area contributed by atoms with E-state index >= 15 is 0 Å². The van der Waals surface area contributed by atoms with Gasteiger partial charge in [0.1, 0.15) is 5.54 Å². The zero-order valence-corrected chi connectivity index (χ0v) is 16.8. The lowest BCUT2D eigenvalue weighted by Crippen LogP contribution is -2.82. The maximum Gasteiger partial charge on any atom is 0.241 e.